The first kappa shape index (κ1) is 14.4. The van der Waals surface area contributed by atoms with Gasteiger partial charge in [0.2, 0.25) is 0 Å². The van der Waals surface area contributed by atoms with Crippen molar-refractivity contribution in [1.29, 1.82) is 0 Å². The predicted molar refractivity (Wildman–Crippen MR) is 86.6 cm³/mol. The van der Waals surface area contributed by atoms with Crippen LogP contribution in [0.4, 0.5) is 4.39 Å². The molecule has 0 aromatic heterocycles. The molecule has 0 aliphatic carbocycles. The lowest BCUT2D eigenvalue weighted by Crippen LogP contribution is -2.61. The van der Waals surface area contributed by atoms with Crippen LogP contribution in [0.3, 0.4) is 0 Å². The molecule has 1 fully saturated rings. The minimum absolute atomic E-state index is 0.176. The molecule has 4 rings (SSSR count). The third kappa shape index (κ3) is 2.63. The molecule has 0 unspecified atom stereocenters. The molecule has 0 atom stereocenters. The van der Waals surface area contributed by atoms with Crippen molar-refractivity contribution in [1.82, 2.24) is 9.80 Å². The molecule has 4 heteroatoms. The molecular formula is C19H19FN2O. The lowest BCUT2D eigenvalue weighted by atomic mass is 9.96. The van der Waals surface area contributed by atoms with E-state index in [-0.39, 0.29) is 11.5 Å². The van der Waals surface area contributed by atoms with Crippen molar-refractivity contribution in [3.63, 3.8) is 0 Å². The molecule has 0 spiro atoms. The van der Waals surface area contributed by atoms with Crippen LogP contribution in [0.5, 0.6) is 0 Å². The van der Waals surface area contributed by atoms with Crippen LogP contribution in [0.15, 0.2) is 48.5 Å². The maximum atomic E-state index is 13.7. The zero-order chi connectivity index (χ0) is 15.8. The fourth-order valence-electron chi connectivity index (χ4n) is 3.49. The number of nitrogens with zero attached hydrogens (tertiary/aromatic N) is 2. The van der Waals surface area contributed by atoms with Gasteiger partial charge in [-0.1, -0.05) is 36.4 Å². The maximum Gasteiger partial charge on any atom is 0.256 e. The van der Waals surface area contributed by atoms with Crippen molar-refractivity contribution >= 4 is 5.91 Å². The van der Waals surface area contributed by atoms with Crippen LogP contribution in [0.1, 0.15) is 21.5 Å². The second kappa shape index (κ2) is 5.78. The number of amides is 1. The van der Waals surface area contributed by atoms with Gasteiger partial charge in [-0.3, -0.25) is 9.69 Å². The summed E-state index contributed by atoms with van der Waals surface area (Å²) in [6.45, 7) is 3.36. The van der Waals surface area contributed by atoms with Gasteiger partial charge in [-0.05, 0) is 29.7 Å². The normalized spacial score (nSPS) is 18.4. The van der Waals surface area contributed by atoms with Gasteiger partial charge in [0.1, 0.15) is 5.82 Å². The van der Waals surface area contributed by atoms with E-state index >= 15 is 0 Å². The van der Waals surface area contributed by atoms with Crippen LogP contribution in [0.2, 0.25) is 0 Å². The Bertz CT molecular complexity index is 740. The molecule has 3 nitrogen and oxygen atoms in total. The van der Waals surface area contributed by atoms with E-state index in [1.54, 1.807) is 23.1 Å². The van der Waals surface area contributed by atoms with E-state index in [1.165, 1.54) is 17.2 Å². The lowest BCUT2D eigenvalue weighted by Gasteiger charge is -2.47. The summed E-state index contributed by atoms with van der Waals surface area (Å²) in [5.41, 5.74) is 3.00. The summed E-state index contributed by atoms with van der Waals surface area (Å²) in [5, 5.41) is 0. The van der Waals surface area contributed by atoms with Crippen LogP contribution in [0, 0.1) is 5.82 Å². The van der Waals surface area contributed by atoms with Gasteiger partial charge in [-0.2, -0.15) is 0 Å². The minimum Gasteiger partial charge on any atom is -0.335 e. The molecule has 0 bridgehead atoms. The SMILES string of the molecule is O=C(c1ccccc1F)N1CC(N2CCc3ccccc3C2)C1. The molecule has 2 aromatic rings. The zero-order valence-electron chi connectivity index (χ0n) is 12.9. The van der Waals surface area contributed by atoms with Gasteiger partial charge in [0, 0.05) is 32.2 Å². The fourth-order valence-corrected chi connectivity index (χ4v) is 3.49. The number of hydrogen-bond donors (Lipinski definition) is 0. The van der Waals surface area contributed by atoms with Gasteiger partial charge in [0.25, 0.3) is 5.91 Å². The van der Waals surface area contributed by atoms with E-state index in [2.05, 4.69) is 29.2 Å². The van der Waals surface area contributed by atoms with Gasteiger partial charge < -0.3 is 4.90 Å². The van der Waals surface area contributed by atoms with E-state index in [4.69, 9.17) is 0 Å². The van der Waals surface area contributed by atoms with Crippen molar-refractivity contribution in [3.8, 4) is 0 Å². The summed E-state index contributed by atoms with van der Waals surface area (Å²) < 4.78 is 13.7. The summed E-state index contributed by atoms with van der Waals surface area (Å²) in [7, 11) is 0. The Kier molecular flexibility index (Phi) is 3.62. The molecule has 1 saturated heterocycles. The van der Waals surface area contributed by atoms with Gasteiger partial charge in [-0.25, -0.2) is 4.39 Å². The molecule has 2 heterocycles. The van der Waals surface area contributed by atoms with Gasteiger partial charge in [0.05, 0.1) is 5.56 Å². The highest BCUT2D eigenvalue weighted by molar-refractivity contribution is 5.95. The Morgan fingerprint density at radius 2 is 1.70 bits per heavy atom. The van der Waals surface area contributed by atoms with Crippen LogP contribution < -0.4 is 0 Å². The van der Waals surface area contributed by atoms with Crippen molar-refractivity contribution < 1.29 is 9.18 Å². The van der Waals surface area contributed by atoms with Crippen molar-refractivity contribution in [2.75, 3.05) is 19.6 Å². The molecule has 2 aliphatic heterocycles. The maximum absolute atomic E-state index is 13.7. The predicted octanol–water partition coefficient (Wildman–Crippen LogP) is 2.71. The molecule has 118 valence electrons. The lowest BCUT2D eigenvalue weighted by molar-refractivity contribution is 0.0215. The van der Waals surface area contributed by atoms with Gasteiger partial charge in [0.15, 0.2) is 0 Å². The number of rotatable bonds is 2. The summed E-state index contributed by atoms with van der Waals surface area (Å²) in [6, 6.07) is 15.1. The molecule has 0 saturated carbocycles. The number of benzene rings is 2. The fraction of sp³-hybridized carbons (Fsp3) is 0.316. The number of halogens is 1. The van der Waals surface area contributed by atoms with Gasteiger partial charge >= 0.3 is 0 Å². The van der Waals surface area contributed by atoms with Gasteiger partial charge in [-0.15, -0.1) is 0 Å². The highest BCUT2D eigenvalue weighted by atomic mass is 19.1. The van der Waals surface area contributed by atoms with Crippen LogP contribution in [-0.4, -0.2) is 41.4 Å². The van der Waals surface area contributed by atoms with Crippen molar-refractivity contribution in [2.45, 2.75) is 19.0 Å². The van der Waals surface area contributed by atoms with Crippen LogP contribution in [0.25, 0.3) is 0 Å². The molecular weight excluding hydrogens is 291 g/mol. The number of carbonyl (C=O) groups excluding carboxylic acids is 1. The van der Waals surface area contributed by atoms with Crippen molar-refractivity contribution in [2.24, 2.45) is 0 Å². The summed E-state index contributed by atoms with van der Waals surface area (Å²) in [5.74, 6) is -0.635. The monoisotopic (exact) mass is 310 g/mol. The smallest absolute Gasteiger partial charge is 0.256 e. The third-order valence-electron chi connectivity index (χ3n) is 4.93. The van der Waals surface area contributed by atoms with Crippen molar-refractivity contribution in [3.05, 3.63) is 71.0 Å². The second-order valence-corrected chi connectivity index (χ2v) is 6.33. The number of likely N-dealkylation sites (tertiary alicyclic amines) is 1. The number of carbonyl (C=O) groups is 1. The molecule has 23 heavy (non-hydrogen) atoms. The third-order valence-corrected chi connectivity index (χ3v) is 4.93. The summed E-state index contributed by atoms with van der Waals surface area (Å²) in [6.07, 6.45) is 1.06. The first-order valence-electron chi connectivity index (χ1n) is 8.07. The Morgan fingerprint density at radius 1 is 1.00 bits per heavy atom. The highest BCUT2D eigenvalue weighted by Gasteiger charge is 2.36. The quantitative estimate of drug-likeness (QED) is 0.851. The topological polar surface area (TPSA) is 23.6 Å². The van der Waals surface area contributed by atoms with Crippen LogP contribution >= 0.6 is 0 Å². The first-order valence-corrected chi connectivity index (χ1v) is 8.07. The average Bonchev–Trinajstić information content (AvgIpc) is 2.53. The molecule has 0 radical (unpaired) electrons. The largest absolute Gasteiger partial charge is 0.335 e. The zero-order valence-corrected chi connectivity index (χ0v) is 12.9. The Hall–Kier alpha value is -2.20. The highest BCUT2D eigenvalue weighted by Crippen LogP contribution is 2.25. The second-order valence-electron chi connectivity index (χ2n) is 6.33. The number of fused-ring (bicyclic) bond motifs is 1. The van der Waals surface area contributed by atoms with Crippen LogP contribution in [-0.2, 0) is 13.0 Å². The Morgan fingerprint density at radius 3 is 2.48 bits per heavy atom. The Labute approximate surface area is 135 Å². The Balaban J connectivity index is 1.39. The molecule has 0 N–H and O–H groups in total. The summed E-state index contributed by atoms with van der Waals surface area (Å²) >= 11 is 0. The molecule has 2 aliphatic rings. The van der Waals surface area contributed by atoms with E-state index < -0.39 is 5.82 Å². The summed E-state index contributed by atoms with van der Waals surface area (Å²) in [4.78, 5) is 16.5. The van der Waals surface area contributed by atoms with E-state index in [9.17, 15) is 9.18 Å². The first-order chi connectivity index (χ1) is 11.2. The standard InChI is InChI=1S/C19H19FN2O/c20-18-8-4-3-7-17(18)19(23)22-12-16(13-22)21-10-9-14-5-1-2-6-15(14)11-21/h1-8,16H,9-13H2. The number of hydrogen-bond acceptors (Lipinski definition) is 2. The average molecular weight is 310 g/mol. The van der Waals surface area contributed by atoms with E-state index in [1.807, 2.05) is 0 Å². The van der Waals surface area contributed by atoms with E-state index in [0.717, 1.165) is 19.5 Å². The molecule has 1 amide bonds. The van der Waals surface area contributed by atoms with E-state index in [0.29, 0.717) is 19.1 Å². The minimum atomic E-state index is -0.437. The molecule has 2 aromatic carbocycles.